The molecule has 0 aromatic carbocycles. The van der Waals surface area contributed by atoms with E-state index in [2.05, 4.69) is 9.88 Å². The van der Waals surface area contributed by atoms with E-state index in [1.165, 1.54) is 17.8 Å². The molecular formula is C11H17F2N3S. The van der Waals surface area contributed by atoms with Gasteiger partial charge < -0.3 is 10.6 Å². The summed E-state index contributed by atoms with van der Waals surface area (Å²) in [5.74, 6) is 0. The first-order valence-electron chi connectivity index (χ1n) is 5.85. The van der Waals surface area contributed by atoms with Gasteiger partial charge in [0, 0.05) is 13.1 Å². The van der Waals surface area contributed by atoms with Gasteiger partial charge in [0.05, 0.1) is 10.6 Å². The maximum absolute atomic E-state index is 12.6. The topological polar surface area (TPSA) is 42.2 Å². The molecular weight excluding hydrogens is 244 g/mol. The lowest BCUT2D eigenvalue weighted by atomic mass is 10.1. The van der Waals surface area contributed by atoms with Gasteiger partial charge in [-0.2, -0.15) is 0 Å². The van der Waals surface area contributed by atoms with Gasteiger partial charge in [0.2, 0.25) is 0 Å². The fraction of sp³-hybridized carbons (Fsp3) is 0.727. The van der Waals surface area contributed by atoms with Crippen molar-refractivity contribution in [2.75, 3.05) is 18.0 Å². The molecule has 17 heavy (non-hydrogen) atoms. The van der Waals surface area contributed by atoms with Gasteiger partial charge in [-0.1, -0.05) is 11.3 Å². The van der Waals surface area contributed by atoms with Gasteiger partial charge in [-0.15, -0.1) is 0 Å². The Bertz CT molecular complexity index is 375. The first-order chi connectivity index (χ1) is 8.09. The number of piperidine rings is 1. The number of anilines is 1. The molecule has 0 amide bonds. The van der Waals surface area contributed by atoms with E-state index in [0.717, 1.165) is 31.1 Å². The molecule has 1 aliphatic rings. The van der Waals surface area contributed by atoms with Crippen LogP contribution in [0.15, 0.2) is 0 Å². The summed E-state index contributed by atoms with van der Waals surface area (Å²) < 4.78 is 25.2. The number of hydrogen-bond acceptors (Lipinski definition) is 4. The fourth-order valence-corrected chi connectivity index (χ4v) is 3.16. The lowest BCUT2D eigenvalue weighted by Crippen LogP contribution is -2.29. The molecule has 0 spiro atoms. The Hall–Kier alpha value is -0.750. The summed E-state index contributed by atoms with van der Waals surface area (Å²) in [6, 6.07) is -1.20. The molecule has 1 aromatic heterocycles. The van der Waals surface area contributed by atoms with Crippen LogP contribution in [0, 0.1) is 6.92 Å². The molecule has 0 bridgehead atoms. The lowest BCUT2D eigenvalue weighted by Gasteiger charge is -2.25. The third kappa shape index (κ3) is 2.74. The van der Waals surface area contributed by atoms with E-state index in [4.69, 9.17) is 5.73 Å². The third-order valence-electron chi connectivity index (χ3n) is 3.02. The van der Waals surface area contributed by atoms with Gasteiger partial charge >= 0.3 is 0 Å². The van der Waals surface area contributed by atoms with Crippen LogP contribution in [0.1, 0.15) is 35.9 Å². The fourth-order valence-electron chi connectivity index (χ4n) is 2.04. The van der Waals surface area contributed by atoms with Gasteiger partial charge in [0.1, 0.15) is 6.04 Å². The summed E-state index contributed by atoms with van der Waals surface area (Å²) in [4.78, 5) is 7.05. The Morgan fingerprint density at radius 3 is 2.53 bits per heavy atom. The first kappa shape index (κ1) is 12.7. The quantitative estimate of drug-likeness (QED) is 0.909. The molecule has 0 radical (unpaired) electrons. The Morgan fingerprint density at radius 2 is 1.94 bits per heavy atom. The standard InChI is InChI=1S/C11H17F2N3S/c1-7-9(8(14)10(12)13)17-11(15-7)16-5-3-2-4-6-16/h8,10H,2-6,14H2,1H3. The number of halogens is 2. The van der Waals surface area contributed by atoms with Crippen molar-refractivity contribution in [3.8, 4) is 0 Å². The highest BCUT2D eigenvalue weighted by atomic mass is 32.1. The number of rotatable bonds is 3. The predicted octanol–water partition coefficient (Wildman–Crippen LogP) is 2.71. The van der Waals surface area contributed by atoms with Crippen molar-refractivity contribution in [1.82, 2.24) is 4.98 Å². The molecule has 96 valence electrons. The van der Waals surface area contributed by atoms with Crippen LogP contribution in [-0.4, -0.2) is 24.5 Å². The number of nitrogens with zero attached hydrogens (tertiary/aromatic N) is 2. The average molecular weight is 261 g/mol. The zero-order valence-electron chi connectivity index (χ0n) is 9.83. The molecule has 1 unspecified atom stereocenters. The van der Waals surface area contributed by atoms with E-state index >= 15 is 0 Å². The van der Waals surface area contributed by atoms with Crippen molar-refractivity contribution in [3.05, 3.63) is 10.6 Å². The number of aromatic nitrogens is 1. The van der Waals surface area contributed by atoms with Crippen molar-refractivity contribution in [3.63, 3.8) is 0 Å². The number of nitrogens with two attached hydrogens (primary N) is 1. The van der Waals surface area contributed by atoms with Gasteiger partial charge in [-0.05, 0) is 26.2 Å². The smallest absolute Gasteiger partial charge is 0.258 e. The van der Waals surface area contributed by atoms with Crippen molar-refractivity contribution >= 4 is 16.5 Å². The van der Waals surface area contributed by atoms with Gasteiger partial charge in [-0.3, -0.25) is 0 Å². The van der Waals surface area contributed by atoms with Gasteiger partial charge in [0.15, 0.2) is 5.13 Å². The summed E-state index contributed by atoms with van der Waals surface area (Å²) in [7, 11) is 0. The first-order valence-corrected chi connectivity index (χ1v) is 6.67. The highest BCUT2D eigenvalue weighted by Gasteiger charge is 2.24. The van der Waals surface area contributed by atoms with Crippen LogP contribution in [0.5, 0.6) is 0 Å². The van der Waals surface area contributed by atoms with Crippen LogP contribution in [0.3, 0.4) is 0 Å². The average Bonchev–Trinajstić information content (AvgIpc) is 2.71. The molecule has 1 aromatic rings. The maximum Gasteiger partial charge on any atom is 0.258 e. The van der Waals surface area contributed by atoms with Crippen LogP contribution in [-0.2, 0) is 0 Å². The second kappa shape index (κ2) is 5.27. The van der Waals surface area contributed by atoms with Crippen LogP contribution in [0.4, 0.5) is 13.9 Å². The molecule has 2 rings (SSSR count). The van der Waals surface area contributed by atoms with Gasteiger partial charge in [0.25, 0.3) is 6.43 Å². The molecule has 6 heteroatoms. The predicted molar refractivity (Wildman–Crippen MR) is 65.8 cm³/mol. The van der Waals surface area contributed by atoms with Crippen LogP contribution in [0.25, 0.3) is 0 Å². The Balaban J connectivity index is 2.17. The molecule has 1 aliphatic heterocycles. The Labute approximate surface area is 104 Å². The minimum absolute atomic E-state index is 0.514. The van der Waals surface area contributed by atoms with E-state index in [1.807, 2.05) is 0 Å². The number of alkyl halides is 2. The van der Waals surface area contributed by atoms with Crippen LogP contribution < -0.4 is 10.6 Å². The zero-order valence-corrected chi connectivity index (χ0v) is 10.6. The molecule has 0 saturated carbocycles. The summed E-state index contributed by atoms with van der Waals surface area (Å²) in [5.41, 5.74) is 6.13. The molecule has 3 nitrogen and oxygen atoms in total. The number of thiazole rings is 1. The molecule has 2 heterocycles. The highest BCUT2D eigenvalue weighted by Crippen LogP contribution is 2.33. The summed E-state index contributed by atoms with van der Waals surface area (Å²) in [6.07, 6.45) is 1.01. The maximum atomic E-state index is 12.6. The Morgan fingerprint density at radius 1 is 1.29 bits per heavy atom. The van der Waals surface area contributed by atoms with E-state index in [0.29, 0.717) is 10.6 Å². The molecule has 2 N–H and O–H groups in total. The summed E-state index contributed by atoms with van der Waals surface area (Å²) in [6.45, 7) is 3.69. The Kier molecular flexibility index (Phi) is 3.93. The molecule has 0 aliphatic carbocycles. The SMILES string of the molecule is Cc1nc(N2CCCCC2)sc1C(N)C(F)F. The van der Waals surface area contributed by atoms with Crippen molar-refractivity contribution in [2.45, 2.75) is 38.7 Å². The minimum atomic E-state index is -2.52. The number of aryl methyl sites for hydroxylation is 1. The highest BCUT2D eigenvalue weighted by molar-refractivity contribution is 7.15. The zero-order chi connectivity index (χ0) is 12.4. The minimum Gasteiger partial charge on any atom is -0.348 e. The largest absolute Gasteiger partial charge is 0.348 e. The summed E-state index contributed by atoms with van der Waals surface area (Å²) >= 11 is 1.31. The summed E-state index contributed by atoms with van der Waals surface area (Å²) in [5, 5.41) is 0.841. The number of hydrogen-bond donors (Lipinski definition) is 1. The van der Waals surface area contributed by atoms with Crippen LogP contribution in [0.2, 0.25) is 0 Å². The van der Waals surface area contributed by atoms with Gasteiger partial charge in [-0.25, -0.2) is 13.8 Å². The van der Waals surface area contributed by atoms with Crippen molar-refractivity contribution in [2.24, 2.45) is 5.73 Å². The van der Waals surface area contributed by atoms with E-state index in [9.17, 15) is 8.78 Å². The van der Waals surface area contributed by atoms with Crippen molar-refractivity contribution in [1.29, 1.82) is 0 Å². The third-order valence-corrected chi connectivity index (χ3v) is 4.34. The molecule has 1 saturated heterocycles. The van der Waals surface area contributed by atoms with Crippen LogP contribution >= 0.6 is 11.3 Å². The van der Waals surface area contributed by atoms with Crippen molar-refractivity contribution < 1.29 is 8.78 Å². The second-order valence-corrected chi connectivity index (χ2v) is 5.36. The second-order valence-electron chi connectivity index (χ2n) is 4.35. The lowest BCUT2D eigenvalue weighted by molar-refractivity contribution is 0.117. The monoisotopic (exact) mass is 261 g/mol. The van der Waals surface area contributed by atoms with E-state index < -0.39 is 12.5 Å². The van der Waals surface area contributed by atoms with E-state index in [-0.39, 0.29) is 0 Å². The molecule has 1 atom stereocenters. The molecule has 1 fully saturated rings. The normalized spacial score (nSPS) is 18.8. The van der Waals surface area contributed by atoms with E-state index in [1.54, 1.807) is 6.92 Å².